The van der Waals surface area contributed by atoms with Crippen LogP contribution in [0.25, 0.3) is 22.5 Å². The van der Waals surface area contributed by atoms with Crippen molar-refractivity contribution in [2.75, 3.05) is 25.2 Å². The molecule has 0 unspecified atom stereocenters. The number of nitrogens with one attached hydrogen (secondary N) is 2. The van der Waals surface area contributed by atoms with Crippen molar-refractivity contribution in [3.63, 3.8) is 0 Å². The highest BCUT2D eigenvalue weighted by Gasteiger charge is 2.42. The number of hydrogen-bond donors (Lipinski definition) is 3. The predicted molar refractivity (Wildman–Crippen MR) is 110 cm³/mol. The Hall–Kier alpha value is -3.04. The van der Waals surface area contributed by atoms with E-state index in [2.05, 4.69) is 25.7 Å². The number of halogens is 1. The van der Waals surface area contributed by atoms with Crippen LogP contribution < -0.4 is 10.2 Å². The minimum atomic E-state index is -1.05. The smallest absolute Gasteiger partial charge is 0.151 e. The zero-order valence-corrected chi connectivity index (χ0v) is 16.5. The van der Waals surface area contributed by atoms with Gasteiger partial charge in [0.2, 0.25) is 0 Å². The van der Waals surface area contributed by atoms with Crippen molar-refractivity contribution >= 4 is 5.82 Å². The van der Waals surface area contributed by atoms with Gasteiger partial charge in [-0.1, -0.05) is 6.07 Å². The number of piperidine rings is 1. The van der Waals surface area contributed by atoms with Crippen LogP contribution in [0, 0.1) is 0 Å². The molecule has 0 saturated carbocycles. The van der Waals surface area contributed by atoms with E-state index >= 15 is 0 Å². The predicted octanol–water partition coefficient (Wildman–Crippen LogP) is 2.14. The number of aromatic amines is 1. The first-order valence-electron chi connectivity index (χ1n) is 9.97. The molecular formula is C21H23FN6O2. The van der Waals surface area contributed by atoms with Gasteiger partial charge in [-0.25, -0.2) is 4.39 Å². The second-order valence-electron chi connectivity index (χ2n) is 7.84. The summed E-state index contributed by atoms with van der Waals surface area (Å²) in [6, 6.07) is 10.4. The molecule has 1 aromatic carbocycles. The Bertz CT molecular complexity index is 1010. The molecule has 2 saturated heterocycles. The van der Waals surface area contributed by atoms with Crippen LogP contribution >= 0.6 is 0 Å². The molecule has 2 fully saturated rings. The van der Waals surface area contributed by atoms with E-state index in [9.17, 15) is 9.50 Å². The fourth-order valence-electron chi connectivity index (χ4n) is 4.28. The first kappa shape index (κ1) is 19.0. The normalized spacial score (nSPS) is 25.8. The van der Waals surface area contributed by atoms with Gasteiger partial charge in [0.05, 0.1) is 36.7 Å². The number of rotatable bonds is 4. The summed E-state index contributed by atoms with van der Waals surface area (Å²) in [4.78, 5) is 1.86. The van der Waals surface area contributed by atoms with Gasteiger partial charge in [0.1, 0.15) is 11.9 Å². The van der Waals surface area contributed by atoms with Crippen molar-refractivity contribution in [3.8, 4) is 28.3 Å². The molecular weight excluding hydrogens is 387 g/mol. The Balaban J connectivity index is 1.35. The highest BCUT2D eigenvalue weighted by atomic mass is 19.1. The second-order valence-corrected chi connectivity index (χ2v) is 7.84. The summed E-state index contributed by atoms with van der Waals surface area (Å²) in [5.74, 6) is 0.702. The fraction of sp³-hybridized carbons (Fsp3) is 0.381. The van der Waals surface area contributed by atoms with E-state index in [-0.39, 0.29) is 23.9 Å². The fourth-order valence-corrected chi connectivity index (χ4v) is 4.28. The number of phenolic OH excluding ortho intramolecular Hbond substituents is 1. The third-order valence-corrected chi connectivity index (χ3v) is 5.94. The molecule has 2 aliphatic heterocycles. The van der Waals surface area contributed by atoms with Gasteiger partial charge in [0.25, 0.3) is 0 Å². The van der Waals surface area contributed by atoms with Crippen molar-refractivity contribution in [1.29, 1.82) is 0 Å². The van der Waals surface area contributed by atoms with Gasteiger partial charge < -0.3 is 20.1 Å². The van der Waals surface area contributed by atoms with Crippen LogP contribution in [0.1, 0.15) is 6.42 Å². The summed E-state index contributed by atoms with van der Waals surface area (Å²) in [6.07, 6.45) is 1.26. The number of fused-ring (bicyclic) bond motifs is 2. The summed E-state index contributed by atoms with van der Waals surface area (Å²) in [5, 5.41) is 29.1. The third kappa shape index (κ3) is 3.40. The Kier molecular flexibility index (Phi) is 4.84. The van der Waals surface area contributed by atoms with E-state index in [1.54, 1.807) is 24.4 Å². The van der Waals surface area contributed by atoms with Gasteiger partial charge in [0.15, 0.2) is 5.82 Å². The van der Waals surface area contributed by atoms with Crippen LogP contribution in [-0.4, -0.2) is 70.1 Å². The van der Waals surface area contributed by atoms with Gasteiger partial charge in [-0.15, -0.1) is 10.2 Å². The number of benzene rings is 1. The molecule has 9 heteroatoms. The summed E-state index contributed by atoms with van der Waals surface area (Å²) >= 11 is 0. The molecule has 0 aliphatic carbocycles. The monoisotopic (exact) mass is 410 g/mol. The second kappa shape index (κ2) is 7.66. The van der Waals surface area contributed by atoms with Crippen molar-refractivity contribution in [2.24, 2.45) is 0 Å². The average Bonchev–Trinajstić information content (AvgIpc) is 3.31. The summed E-state index contributed by atoms with van der Waals surface area (Å²) in [6.45, 7) is 0.992. The van der Waals surface area contributed by atoms with Crippen molar-refractivity contribution in [3.05, 3.63) is 42.6 Å². The molecule has 8 nitrogen and oxygen atoms in total. The van der Waals surface area contributed by atoms with Gasteiger partial charge >= 0.3 is 0 Å². The average molecular weight is 410 g/mol. The molecule has 2 aliphatic rings. The molecule has 0 amide bonds. The number of morpholine rings is 1. The lowest BCUT2D eigenvalue weighted by Gasteiger charge is -2.45. The SMILES string of the molecule is CN(c1ccc(-c2ccc(-c3ccn[nH]3)cc2O)nn1)[C@H]1C[C@@H]2COC[C@@H](N2)[C@H]1F. The van der Waals surface area contributed by atoms with E-state index in [0.29, 0.717) is 36.7 Å². The molecule has 156 valence electrons. The van der Waals surface area contributed by atoms with E-state index < -0.39 is 6.17 Å². The highest BCUT2D eigenvalue weighted by Crippen LogP contribution is 2.33. The molecule has 2 aromatic heterocycles. The number of aromatic hydroxyl groups is 1. The van der Waals surface area contributed by atoms with Crippen LogP contribution in [-0.2, 0) is 4.74 Å². The number of alkyl halides is 1. The molecule has 0 spiro atoms. The molecule has 2 bridgehead atoms. The first-order valence-corrected chi connectivity index (χ1v) is 9.97. The summed E-state index contributed by atoms with van der Waals surface area (Å²) in [7, 11) is 1.85. The van der Waals surface area contributed by atoms with E-state index in [0.717, 1.165) is 11.3 Å². The molecule has 3 aromatic rings. The number of hydrogen-bond acceptors (Lipinski definition) is 7. The molecule has 5 rings (SSSR count). The van der Waals surface area contributed by atoms with Gasteiger partial charge in [-0.05, 0) is 36.8 Å². The topological polar surface area (TPSA) is 99.2 Å². The van der Waals surface area contributed by atoms with Crippen LogP contribution in [0.15, 0.2) is 42.6 Å². The number of H-pyrrole nitrogens is 1. The molecule has 4 atom stereocenters. The Labute approximate surface area is 173 Å². The maximum absolute atomic E-state index is 14.9. The van der Waals surface area contributed by atoms with Gasteiger partial charge in [-0.3, -0.25) is 5.10 Å². The zero-order chi connectivity index (χ0) is 20.7. The number of anilines is 1. The number of phenols is 1. The van der Waals surface area contributed by atoms with Crippen LogP contribution in [0.2, 0.25) is 0 Å². The maximum atomic E-state index is 14.9. The highest BCUT2D eigenvalue weighted by molar-refractivity contribution is 5.73. The summed E-state index contributed by atoms with van der Waals surface area (Å²) in [5.41, 5.74) is 2.77. The van der Waals surface area contributed by atoms with Gasteiger partial charge in [0, 0.05) is 30.4 Å². The van der Waals surface area contributed by atoms with Crippen molar-refractivity contribution in [2.45, 2.75) is 30.7 Å². The molecule has 4 heterocycles. The number of nitrogens with zero attached hydrogens (tertiary/aromatic N) is 4. The molecule has 30 heavy (non-hydrogen) atoms. The summed E-state index contributed by atoms with van der Waals surface area (Å²) < 4.78 is 20.4. The van der Waals surface area contributed by atoms with E-state index in [1.807, 2.05) is 30.1 Å². The standard InChI is InChI=1S/C21H23FN6O2/c1-28(18-9-13-10-30-11-17(24-13)21(18)22)20-5-4-16(26-27-20)14-3-2-12(8-19(14)29)15-6-7-23-25-15/h2-8,13,17-18,21,24,29H,9-11H2,1H3,(H,23,25)/t13-,17-,18+,21-/m1/s1. The third-order valence-electron chi connectivity index (χ3n) is 5.94. The van der Waals surface area contributed by atoms with Crippen molar-refractivity contribution < 1.29 is 14.2 Å². The minimum absolute atomic E-state index is 0.104. The maximum Gasteiger partial charge on any atom is 0.151 e. The van der Waals surface area contributed by atoms with Crippen molar-refractivity contribution in [1.82, 2.24) is 25.7 Å². The lowest BCUT2D eigenvalue weighted by atomic mass is 9.90. The Morgan fingerprint density at radius 3 is 2.80 bits per heavy atom. The van der Waals surface area contributed by atoms with Gasteiger partial charge in [-0.2, -0.15) is 5.10 Å². The largest absolute Gasteiger partial charge is 0.507 e. The quantitative estimate of drug-likeness (QED) is 0.606. The molecule has 3 N–H and O–H groups in total. The number of aromatic nitrogens is 4. The Morgan fingerprint density at radius 1 is 1.17 bits per heavy atom. The van der Waals surface area contributed by atoms with E-state index in [4.69, 9.17) is 4.74 Å². The van der Waals surface area contributed by atoms with Crippen LogP contribution in [0.3, 0.4) is 0 Å². The lowest BCUT2D eigenvalue weighted by molar-refractivity contribution is -0.0175. The lowest BCUT2D eigenvalue weighted by Crippen LogP contribution is -2.65. The zero-order valence-electron chi connectivity index (χ0n) is 16.5. The number of ether oxygens (including phenoxy) is 1. The van der Waals surface area contributed by atoms with Crippen LogP contribution in [0.4, 0.5) is 10.2 Å². The first-order chi connectivity index (χ1) is 14.6. The minimum Gasteiger partial charge on any atom is -0.507 e. The van der Waals surface area contributed by atoms with E-state index in [1.165, 1.54) is 0 Å². The van der Waals surface area contributed by atoms with Crippen LogP contribution in [0.5, 0.6) is 5.75 Å². The molecule has 0 radical (unpaired) electrons. The Morgan fingerprint density at radius 2 is 2.07 bits per heavy atom.